The molecule has 0 fully saturated rings. The van der Waals surface area contributed by atoms with Gasteiger partial charge in [-0.15, -0.1) is 0 Å². The van der Waals surface area contributed by atoms with Gasteiger partial charge in [-0.3, -0.25) is 0 Å². The lowest BCUT2D eigenvalue weighted by Gasteiger charge is -2.31. The van der Waals surface area contributed by atoms with Crippen molar-refractivity contribution in [2.75, 3.05) is 0 Å². The van der Waals surface area contributed by atoms with E-state index in [2.05, 4.69) is 0 Å². The fraction of sp³-hybridized carbons (Fsp3) is 0.200. The van der Waals surface area contributed by atoms with E-state index in [0.29, 0.717) is 22.3 Å². The van der Waals surface area contributed by atoms with E-state index in [1.54, 1.807) is 0 Å². The molecular formula is C30H30O12S. The molecule has 13 heteroatoms. The molecule has 6 rings (SSSR count). The molecule has 4 atom stereocenters. The Morgan fingerprint density at radius 2 is 0.837 bits per heavy atom. The van der Waals surface area contributed by atoms with Crippen LogP contribution >= 0.6 is 13.5 Å². The summed E-state index contributed by atoms with van der Waals surface area (Å²) in [7, 11) is 0. The van der Waals surface area contributed by atoms with Crippen molar-refractivity contribution in [3.63, 3.8) is 0 Å². The minimum absolute atomic E-state index is 0. The quantitative estimate of drug-likeness (QED) is 0.147. The van der Waals surface area contributed by atoms with Crippen LogP contribution in [0.4, 0.5) is 0 Å². The molecule has 0 aliphatic carbocycles. The van der Waals surface area contributed by atoms with Crippen molar-refractivity contribution >= 4 is 13.5 Å². The molecule has 2 aliphatic rings. The highest BCUT2D eigenvalue weighted by Crippen LogP contribution is 2.44. The fourth-order valence-electron chi connectivity index (χ4n) is 4.93. The molecule has 10 N–H and O–H groups in total. The molecule has 0 spiro atoms. The highest BCUT2D eigenvalue weighted by atomic mass is 32.1. The van der Waals surface area contributed by atoms with Gasteiger partial charge in [0.05, 0.1) is 12.2 Å². The molecule has 0 bridgehead atoms. The van der Waals surface area contributed by atoms with Crippen LogP contribution in [0.25, 0.3) is 0 Å². The summed E-state index contributed by atoms with van der Waals surface area (Å²) in [6.07, 6.45) is -3.12. The first-order valence-corrected chi connectivity index (χ1v) is 12.7. The number of ether oxygens (including phenoxy) is 2. The second kappa shape index (κ2) is 12.2. The Labute approximate surface area is 251 Å². The Hall–Kier alpha value is -4.85. The van der Waals surface area contributed by atoms with E-state index in [1.807, 2.05) is 0 Å². The van der Waals surface area contributed by atoms with Gasteiger partial charge in [-0.2, -0.15) is 13.5 Å². The summed E-state index contributed by atoms with van der Waals surface area (Å²) in [5, 5.41) is 96.6. The fourth-order valence-corrected chi connectivity index (χ4v) is 4.93. The van der Waals surface area contributed by atoms with Gasteiger partial charge in [-0.05, 0) is 35.4 Å². The lowest BCUT2D eigenvalue weighted by molar-refractivity contribution is 0.0196. The van der Waals surface area contributed by atoms with Gasteiger partial charge >= 0.3 is 0 Å². The summed E-state index contributed by atoms with van der Waals surface area (Å²) in [5.41, 5.74) is 1.79. The second-order valence-electron chi connectivity index (χ2n) is 10.00. The Morgan fingerprint density at radius 3 is 1.19 bits per heavy atom. The molecule has 0 amide bonds. The van der Waals surface area contributed by atoms with E-state index in [4.69, 9.17) is 9.47 Å². The number of aliphatic hydroxyl groups is 2. The van der Waals surface area contributed by atoms with Crippen molar-refractivity contribution in [1.29, 1.82) is 0 Å². The average molecular weight is 615 g/mol. The lowest BCUT2D eigenvalue weighted by Crippen LogP contribution is -2.30. The van der Waals surface area contributed by atoms with Gasteiger partial charge < -0.3 is 60.5 Å². The standard InChI is InChI=1S/2C15H14O6.H2S/c2*16-8-4-11(18)9-6-13(20)15(21-14(9)5-8)7-1-2-10(17)12(19)3-7;/h2*1-5,13,15-20H,6H2;1H2/t13-,15+;13-,15-;/m01./s1. The van der Waals surface area contributed by atoms with Gasteiger partial charge in [0.25, 0.3) is 0 Å². The summed E-state index contributed by atoms with van der Waals surface area (Å²) in [5.74, 6) is -1.18. The summed E-state index contributed by atoms with van der Waals surface area (Å²) < 4.78 is 11.2. The van der Waals surface area contributed by atoms with Crippen molar-refractivity contribution in [2.45, 2.75) is 37.3 Å². The molecule has 228 valence electrons. The molecule has 0 aromatic heterocycles. The van der Waals surface area contributed by atoms with Crippen molar-refractivity contribution in [3.8, 4) is 57.5 Å². The zero-order valence-electron chi connectivity index (χ0n) is 22.3. The molecule has 4 aromatic carbocycles. The lowest BCUT2D eigenvalue weighted by atomic mass is 9.94. The Kier molecular flexibility index (Phi) is 8.80. The largest absolute Gasteiger partial charge is 0.508 e. The first-order chi connectivity index (χ1) is 19.9. The first kappa shape index (κ1) is 31.1. The predicted molar refractivity (Wildman–Crippen MR) is 156 cm³/mol. The number of hydrogen-bond acceptors (Lipinski definition) is 12. The van der Waals surface area contributed by atoms with Crippen LogP contribution in [0.5, 0.6) is 57.5 Å². The highest BCUT2D eigenvalue weighted by molar-refractivity contribution is 7.59. The molecule has 0 radical (unpaired) electrons. The summed E-state index contributed by atoms with van der Waals surface area (Å²) in [4.78, 5) is 0. The number of rotatable bonds is 2. The van der Waals surface area contributed by atoms with Crippen LogP contribution < -0.4 is 9.47 Å². The Bertz CT molecular complexity index is 1520. The number of aromatic hydroxyl groups is 8. The van der Waals surface area contributed by atoms with Gasteiger partial charge in [-0.25, -0.2) is 0 Å². The van der Waals surface area contributed by atoms with Crippen LogP contribution in [0.1, 0.15) is 34.5 Å². The van der Waals surface area contributed by atoms with Crippen molar-refractivity contribution < 1.29 is 60.5 Å². The van der Waals surface area contributed by atoms with E-state index in [1.165, 1.54) is 60.7 Å². The van der Waals surface area contributed by atoms with Gasteiger partial charge in [-0.1, -0.05) is 12.1 Å². The molecule has 0 saturated heterocycles. The SMILES string of the molecule is Oc1cc(O)c2c(c1)O[C@H](c1ccc(O)c(O)c1)[C@@H](O)C2.Oc1cc(O)c2c(c1)O[C@H](c1ccc(O)c(O)c1)[C@H](O)C2.S. The number of aliphatic hydroxyl groups excluding tert-OH is 2. The monoisotopic (exact) mass is 614 g/mol. The van der Waals surface area contributed by atoms with Crippen molar-refractivity contribution in [1.82, 2.24) is 0 Å². The maximum atomic E-state index is 10.2. The minimum Gasteiger partial charge on any atom is -0.508 e. The van der Waals surface area contributed by atoms with E-state index in [0.717, 1.165) is 0 Å². The Balaban J connectivity index is 0.000000192. The van der Waals surface area contributed by atoms with Crippen LogP contribution in [-0.2, 0) is 12.8 Å². The molecule has 4 aromatic rings. The number of fused-ring (bicyclic) bond motifs is 2. The van der Waals surface area contributed by atoms with E-state index in [-0.39, 0.29) is 83.8 Å². The molecule has 0 saturated carbocycles. The topological polar surface area (TPSA) is 221 Å². The molecule has 43 heavy (non-hydrogen) atoms. The molecule has 12 nitrogen and oxygen atoms in total. The summed E-state index contributed by atoms with van der Waals surface area (Å²) in [6, 6.07) is 13.3. The van der Waals surface area contributed by atoms with Gasteiger partial charge in [0.1, 0.15) is 46.7 Å². The third-order valence-electron chi connectivity index (χ3n) is 7.03. The van der Waals surface area contributed by atoms with E-state index >= 15 is 0 Å². The maximum absolute atomic E-state index is 10.2. The van der Waals surface area contributed by atoms with Crippen LogP contribution in [0, 0.1) is 0 Å². The number of phenolic OH excluding ortho intramolecular Hbond substituents is 8. The molecular weight excluding hydrogens is 584 g/mol. The second-order valence-corrected chi connectivity index (χ2v) is 10.00. The molecule has 0 unspecified atom stereocenters. The average Bonchev–Trinajstić information content (AvgIpc) is 2.92. The normalized spacial score (nSPS) is 20.1. The minimum atomic E-state index is -0.933. The third kappa shape index (κ3) is 6.33. The highest BCUT2D eigenvalue weighted by Gasteiger charge is 2.33. The number of benzene rings is 4. The zero-order chi connectivity index (χ0) is 30.3. The molecule has 2 heterocycles. The van der Waals surface area contributed by atoms with Crippen LogP contribution in [0.15, 0.2) is 60.7 Å². The summed E-state index contributed by atoms with van der Waals surface area (Å²) >= 11 is 0. The third-order valence-corrected chi connectivity index (χ3v) is 7.03. The van der Waals surface area contributed by atoms with Gasteiger partial charge in [0.15, 0.2) is 23.0 Å². The maximum Gasteiger partial charge on any atom is 0.157 e. The summed E-state index contributed by atoms with van der Waals surface area (Å²) in [6.45, 7) is 0. The van der Waals surface area contributed by atoms with Crippen LogP contribution in [0.2, 0.25) is 0 Å². The molecule has 2 aliphatic heterocycles. The van der Waals surface area contributed by atoms with E-state index in [9.17, 15) is 51.1 Å². The first-order valence-electron chi connectivity index (χ1n) is 12.7. The van der Waals surface area contributed by atoms with Crippen molar-refractivity contribution in [2.24, 2.45) is 0 Å². The van der Waals surface area contributed by atoms with E-state index < -0.39 is 24.4 Å². The van der Waals surface area contributed by atoms with Crippen LogP contribution in [-0.4, -0.2) is 63.3 Å². The Morgan fingerprint density at radius 1 is 0.465 bits per heavy atom. The number of hydrogen-bond donors (Lipinski definition) is 10. The van der Waals surface area contributed by atoms with Crippen molar-refractivity contribution in [3.05, 3.63) is 82.9 Å². The van der Waals surface area contributed by atoms with Crippen LogP contribution in [0.3, 0.4) is 0 Å². The number of phenols is 8. The zero-order valence-corrected chi connectivity index (χ0v) is 23.3. The smallest absolute Gasteiger partial charge is 0.157 e. The predicted octanol–water partition coefficient (Wildman–Crippen LogP) is 3.21. The van der Waals surface area contributed by atoms with Gasteiger partial charge in [0.2, 0.25) is 0 Å². The van der Waals surface area contributed by atoms with Gasteiger partial charge in [0, 0.05) is 48.2 Å².